The van der Waals surface area contributed by atoms with Crippen LogP contribution < -0.4 is 5.32 Å². The lowest BCUT2D eigenvalue weighted by Gasteiger charge is -2.34. The number of ether oxygens (including phenoxy) is 1. The highest BCUT2D eigenvalue weighted by Crippen LogP contribution is 2.34. The summed E-state index contributed by atoms with van der Waals surface area (Å²) >= 11 is 3.95. The molecule has 7 heteroatoms. The minimum absolute atomic E-state index is 0. The highest BCUT2D eigenvalue weighted by Gasteiger charge is 2.32. The van der Waals surface area contributed by atoms with Crippen LogP contribution >= 0.6 is 47.5 Å². The van der Waals surface area contributed by atoms with E-state index in [4.69, 9.17) is 9.73 Å². The number of nitrogens with one attached hydrogen (secondary N) is 1. The molecular formula is C21H34IN3OS2. The van der Waals surface area contributed by atoms with Crippen molar-refractivity contribution in [2.24, 2.45) is 10.9 Å². The number of halogens is 1. The van der Waals surface area contributed by atoms with Crippen LogP contribution in [0.1, 0.15) is 26.2 Å². The molecule has 1 aromatic carbocycles. The molecule has 2 fully saturated rings. The first-order chi connectivity index (χ1) is 13.2. The monoisotopic (exact) mass is 535 g/mol. The topological polar surface area (TPSA) is 36.9 Å². The molecule has 4 nitrogen and oxygen atoms in total. The molecule has 2 aliphatic rings. The van der Waals surface area contributed by atoms with Crippen molar-refractivity contribution in [3.63, 3.8) is 0 Å². The van der Waals surface area contributed by atoms with Crippen LogP contribution in [0.2, 0.25) is 0 Å². The van der Waals surface area contributed by atoms with E-state index in [-0.39, 0.29) is 28.7 Å². The van der Waals surface area contributed by atoms with Gasteiger partial charge in [0.1, 0.15) is 0 Å². The summed E-state index contributed by atoms with van der Waals surface area (Å²) in [7, 11) is 0. The molecule has 0 aromatic heterocycles. The molecule has 1 atom stereocenters. The summed E-state index contributed by atoms with van der Waals surface area (Å²) in [6.07, 6.45) is 5.69. The Morgan fingerprint density at radius 3 is 2.71 bits per heavy atom. The average Bonchev–Trinajstić information content (AvgIpc) is 3.20. The molecule has 1 N–H and O–H groups in total. The van der Waals surface area contributed by atoms with E-state index < -0.39 is 0 Å². The van der Waals surface area contributed by atoms with Crippen LogP contribution in [0.3, 0.4) is 0 Å². The van der Waals surface area contributed by atoms with Gasteiger partial charge in [0.2, 0.25) is 0 Å². The largest absolute Gasteiger partial charge is 0.381 e. The van der Waals surface area contributed by atoms with Crippen LogP contribution in [0.25, 0.3) is 0 Å². The molecule has 3 rings (SSSR count). The molecular weight excluding hydrogens is 501 g/mol. The minimum Gasteiger partial charge on any atom is -0.381 e. The number of hydrogen-bond donors (Lipinski definition) is 1. The van der Waals surface area contributed by atoms with E-state index in [0.29, 0.717) is 0 Å². The molecule has 2 saturated heterocycles. The average molecular weight is 536 g/mol. The van der Waals surface area contributed by atoms with Crippen LogP contribution in [0, 0.1) is 5.92 Å². The van der Waals surface area contributed by atoms with Crippen molar-refractivity contribution in [1.29, 1.82) is 0 Å². The van der Waals surface area contributed by atoms with Gasteiger partial charge in [0.15, 0.2) is 5.96 Å². The van der Waals surface area contributed by atoms with Crippen molar-refractivity contribution in [3.8, 4) is 0 Å². The molecule has 158 valence electrons. The van der Waals surface area contributed by atoms with E-state index in [1.165, 1.54) is 17.1 Å². The third kappa shape index (κ3) is 6.99. The maximum atomic E-state index is 5.57. The zero-order valence-corrected chi connectivity index (χ0v) is 21.0. The van der Waals surface area contributed by atoms with Gasteiger partial charge in [0.05, 0.1) is 6.54 Å². The summed E-state index contributed by atoms with van der Waals surface area (Å²) in [6, 6.07) is 10.7. The molecule has 0 radical (unpaired) electrons. The van der Waals surface area contributed by atoms with Gasteiger partial charge in [-0.3, -0.25) is 4.99 Å². The Morgan fingerprint density at radius 1 is 1.29 bits per heavy atom. The number of rotatable bonds is 7. The van der Waals surface area contributed by atoms with Gasteiger partial charge in [-0.05, 0) is 50.5 Å². The highest BCUT2D eigenvalue weighted by molar-refractivity contribution is 14.0. The Labute approximate surface area is 196 Å². The van der Waals surface area contributed by atoms with Gasteiger partial charge >= 0.3 is 0 Å². The fraction of sp³-hybridized carbons (Fsp3) is 0.667. The normalized spacial score (nSPS) is 22.0. The lowest BCUT2D eigenvalue weighted by atomic mass is 9.99. The van der Waals surface area contributed by atoms with Gasteiger partial charge in [-0.1, -0.05) is 18.2 Å². The first-order valence-electron chi connectivity index (χ1n) is 10.1. The number of guanidine groups is 1. The Kier molecular flexibility index (Phi) is 10.8. The van der Waals surface area contributed by atoms with Crippen molar-refractivity contribution >= 4 is 53.5 Å². The molecule has 0 saturated carbocycles. The van der Waals surface area contributed by atoms with Gasteiger partial charge in [0.25, 0.3) is 0 Å². The Balaban J connectivity index is 0.00000280. The summed E-state index contributed by atoms with van der Waals surface area (Å²) in [6.45, 7) is 7.94. The summed E-state index contributed by atoms with van der Waals surface area (Å²) in [5.41, 5.74) is 0. The molecule has 2 aliphatic heterocycles. The number of nitrogens with zero attached hydrogens (tertiary/aromatic N) is 2. The van der Waals surface area contributed by atoms with Crippen LogP contribution in [-0.4, -0.2) is 67.0 Å². The zero-order valence-electron chi connectivity index (χ0n) is 17.1. The first kappa shape index (κ1) is 24.2. The van der Waals surface area contributed by atoms with Crippen molar-refractivity contribution in [1.82, 2.24) is 10.2 Å². The third-order valence-corrected chi connectivity index (χ3v) is 8.15. The Hall–Kier alpha value is -0.120. The van der Waals surface area contributed by atoms with Gasteiger partial charge in [-0.15, -0.1) is 35.7 Å². The second-order valence-corrected chi connectivity index (χ2v) is 9.76. The minimum atomic E-state index is 0. The lowest BCUT2D eigenvalue weighted by Crippen LogP contribution is -2.42. The van der Waals surface area contributed by atoms with Gasteiger partial charge in [-0.25, -0.2) is 0 Å². The standard InChI is InChI=1S/C21H33N3OS2.HI/c1-3-22-20(23-17-21(26-2)10-13-25-14-11-21)24-12-9-18(15-24)16-27-19-7-5-4-6-8-19;/h4-8,18H,3,9-17H2,1-2H3,(H,22,23);1H. The van der Waals surface area contributed by atoms with E-state index in [9.17, 15) is 0 Å². The van der Waals surface area contributed by atoms with E-state index in [1.807, 2.05) is 23.5 Å². The van der Waals surface area contributed by atoms with Crippen molar-refractivity contribution in [2.45, 2.75) is 35.8 Å². The van der Waals surface area contributed by atoms with Crippen LogP contribution in [0.4, 0.5) is 0 Å². The maximum Gasteiger partial charge on any atom is 0.193 e. The number of hydrogen-bond acceptors (Lipinski definition) is 4. The quantitative estimate of drug-likeness (QED) is 0.239. The molecule has 0 bridgehead atoms. The summed E-state index contributed by atoms with van der Waals surface area (Å²) < 4.78 is 5.82. The van der Waals surface area contributed by atoms with Gasteiger partial charge in [-0.2, -0.15) is 11.8 Å². The number of likely N-dealkylation sites (tertiary alicyclic amines) is 1. The van der Waals surface area contributed by atoms with E-state index in [0.717, 1.165) is 64.1 Å². The predicted octanol–water partition coefficient (Wildman–Crippen LogP) is 4.60. The molecule has 0 spiro atoms. The van der Waals surface area contributed by atoms with Gasteiger partial charge in [0, 0.05) is 48.2 Å². The molecule has 0 amide bonds. The molecule has 28 heavy (non-hydrogen) atoms. The fourth-order valence-electron chi connectivity index (χ4n) is 3.71. The molecule has 0 aliphatic carbocycles. The smallest absolute Gasteiger partial charge is 0.193 e. The first-order valence-corrected chi connectivity index (χ1v) is 12.3. The van der Waals surface area contributed by atoms with Gasteiger partial charge < -0.3 is 15.0 Å². The molecule has 1 aromatic rings. The molecule has 2 heterocycles. The van der Waals surface area contributed by atoms with Crippen molar-refractivity contribution in [3.05, 3.63) is 30.3 Å². The number of thioether (sulfide) groups is 2. The fourth-order valence-corrected chi connectivity index (χ4v) is 5.53. The maximum absolute atomic E-state index is 5.57. The van der Waals surface area contributed by atoms with E-state index >= 15 is 0 Å². The van der Waals surface area contributed by atoms with Crippen molar-refractivity contribution in [2.75, 3.05) is 51.4 Å². The Morgan fingerprint density at radius 2 is 2.04 bits per heavy atom. The predicted molar refractivity (Wildman–Crippen MR) is 135 cm³/mol. The summed E-state index contributed by atoms with van der Waals surface area (Å²) in [5.74, 6) is 3.02. The van der Waals surface area contributed by atoms with Crippen molar-refractivity contribution < 1.29 is 4.74 Å². The van der Waals surface area contributed by atoms with E-state index in [2.05, 4.69) is 53.7 Å². The van der Waals surface area contributed by atoms with Crippen LogP contribution in [0.5, 0.6) is 0 Å². The number of benzene rings is 1. The third-order valence-electron chi connectivity index (χ3n) is 5.50. The zero-order chi connectivity index (χ0) is 19.0. The van der Waals surface area contributed by atoms with E-state index in [1.54, 1.807) is 0 Å². The highest BCUT2D eigenvalue weighted by atomic mass is 127. The lowest BCUT2D eigenvalue weighted by molar-refractivity contribution is 0.0793. The number of aliphatic imine (C=N–C) groups is 1. The van der Waals surface area contributed by atoms with Crippen LogP contribution in [-0.2, 0) is 4.74 Å². The summed E-state index contributed by atoms with van der Waals surface area (Å²) in [5, 5.41) is 3.53. The Bertz CT molecular complexity index is 597. The molecule has 1 unspecified atom stereocenters. The SMILES string of the molecule is CCNC(=NCC1(SC)CCOCC1)N1CCC(CSc2ccccc2)C1.I. The summed E-state index contributed by atoms with van der Waals surface area (Å²) in [4.78, 5) is 8.90. The second-order valence-electron chi connectivity index (χ2n) is 7.39. The van der Waals surface area contributed by atoms with Crippen LogP contribution in [0.15, 0.2) is 40.2 Å². The second kappa shape index (κ2) is 12.5.